The lowest BCUT2D eigenvalue weighted by Crippen LogP contribution is -2.30. The Hall–Kier alpha value is -1.59. The largest absolute Gasteiger partial charge is 0.462 e. The summed E-state index contributed by atoms with van der Waals surface area (Å²) in [7, 11) is 0. The van der Waals surface area contributed by atoms with Crippen molar-refractivity contribution in [1.29, 1.82) is 0 Å². The maximum absolute atomic E-state index is 12.6. The number of carbonyl (C=O) groups excluding carboxylic acids is 3. The van der Waals surface area contributed by atoms with E-state index in [4.69, 9.17) is 14.2 Å². The lowest BCUT2D eigenvalue weighted by molar-refractivity contribution is -0.167. The predicted octanol–water partition coefficient (Wildman–Crippen LogP) is 15.0. The molecule has 1 atom stereocenters. The fourth-order valence-corrected chi connectivity index (χ4v) is 7.11. The highest BCUT2D eigenvalue weighted by Crippen LogP contribution is 2.17. The molecule has 0 aromatic carbocycles. The lowest BCUT2D eigenvalue weighted by Gasteiger charge is -2.18. The third-order valence-electron chi connectivity index (χ3n) is 10.7. The first-order chi connectivity index (χ1) is 26.2. The molecule has 0 aliphatic rings. The van der Waals surface area contributed by atoms with Crippen LogP contribution in [-0.4, -0.2) is 37.2 Å². The van der Waals surface area contributed by atoms with Gasteiger partial charge in [-0.05, 0) is 31.1 Å². The third-order valence-corrected chi connectivity index (χ3v) is 10.7. The molecule has 0 fully saturated rings. The molecule has 6 heteroatoms. The standard InChI is InChI=1S/C48H92O6/c1-6-7-8-9-21-30-35-40-48(51)54-45(42-53-47(50)39-34-29-25-20-19-23-27-32-37-44(4)5)41-52-46(49)38-33-28-24-18-16-14-12-10-11-13-15-17-22-26-31-36-43(2)3/h43-45H,6-42H2,1-5H3/t45-/m1/s1. The molecule has 0 bridgehead atoms. The van der Waals surface area contributed by atoms with Crippen LogP contribution in [-0.2, 0) is 28.6 Å². The van der Waals surface area contributed by atoms with Crippen LogP contribution in [0.25, 0.3) is 0 Å². The zero-order chi connectivity index (χ0) is 39.7. The Morgan fingerprint density at radius 3 is 0.907 bits per heavy atom. The molecule has 0 heterocycles. The molecule has 0 saturated heterocycles. The Labute approximate surface area is 336 Å². The molecule has 320 valence electrons. The summed E-state index contributed by atoms with van der Waals surface area (Å²) in [6.45, 7) is 11.3. The van der Waals surface area contributed by atoms with Gasteiger partial charge < -0.3 is 14.2 Å². The van der Waals surface area contributed by atoms with E-state index in [0.717, 1.165) is 69.6 Å². The first kappa shape index (κ1) is 52.4. The van der Waals surface area contributed by atoms with Crippen molar-refractivity contribution in [3.8, 4) is 0 Å². The van der Waals surface area contributed by atoms with Crippen LogP contribution < -0.4 is 0 Å². The van der Waals surface area contributed by atoms with Gasteiger partial charge in [0, 0.05) is 19.3 Å². The average Bonchev–Trinajstić information content (AvgIpc) is 3.14. The summed E-state index contributed by atoms with van der Waals surface area (Å²) in [5.41, 5.74) is 0. The summed E-state index contributed by atoms with van der Waals surface area (Å²) in [6, 6.07) is 0. The minimum atomic E-state index is -0.759. The third kappa shape index (κ3) is 41.6. The molecule has 0 rings (SSSR count). The van der Waals surface area contributed by atoms with E-state index >= 15 is 0 Å². The molecule has 0 aliphatic heterocycles. The van der Waals surface area contributed by atoms with Gasteiger partial charge >= 0.3 is 17.9 Å². The minimum Gasteiger partial charge on any atom is -0.462 e. The summed E-state index contributed by atoms with van der Waals surface area (Å²) >= 11 is 0. The van der Waals surface area contributed by atoms with Gasteiger partial charge in [-0.3, -0.25) is 14.4 Å². The van der Waals surface area contributed by atoms with E-state index < -0.39 is 6.10 Å². The molecular weight excluding hydrogens is 673 g/mol. The number of hydrogen-bond acceptors (Lipinski definition) is 6. The normalized spacial score (nSPS) is 12.1. The van der Waals surface area contributed by atoms with Crippen molar-refractivity contribution in [3.05, 3.63) is 0 Å². The Kier molecular flexibility index (Phi) is 39.8. The van der Waals surface area contributed by atoms with Crippen molar-refractivity contribution in [2.45, 2.75) is 265 Å². The predicted molar refractivity (Wildman–Crippen MR) is 229 cm³/mol. The molecule has 0 aliphatic carbocycles. The van der Waals surface area contributed by atoms with Gasteiger partial charge in [0.25, 0.3) is 0 Å². The summed E-state index contributed by atoms with van der Waals surface area (Å²) < 4.78 is 16.7. The topological polar surface area (TPSA) is 78.9 Å². The van der Waals surface area contributed by atoms with Crippen molar-refractivity contribution in [3.63, 3.8) is 0 Å². The zero-order valence-electron chi connectivity index (χ0n) is 36.8. The molecule has 54 heavy (non-hydrogen) atoms. The Balaban J connectivity index is 4.17. The number of unbranched alkanes of at least 4 members (excludes halogenated alkanes) is 27. The van der Waals surface area contributed by atoms with Gasteiger partial charge in [0.15, 0.2) is 6.10 Å². The van der Waals surface area contributed by atoms with Gasteiger partial charge in [-0.2, -0.15) is 0 Å². The highest BCUT2D eigenvalue weighted by Gasteiger charge is 2.19. The first-order valence-corrected chi connectivity index (χ1v) is 23.7. The summed E-state index contributed by atoms with van der Waals surface area (Å²) in [5, 5.41) is 0. The second-order valence-electron chi connectivity index (χ2n) is 17.3. The smallest absolute Gasteiger partial charge is 0.306 e. The van der Waals surface area contributed by atoms with Crippen LogP contribution in [0.3, 0.4) is 0 Å². The van der Waals surface area contributed by atoms with Crippen molar-refractivity contribution < 1.29 is 28.6 Å². The number of rotatable bonds is 42. The lowest BCUT2D eigenvalue weighted by atomic mass is 10.0. The van der Waals surface area contributed by atoms with Crippen LogP contribution in [0.2, 0.25) is 0 Å². The van der Waals surface area contributed by atoms with Gasteiger partial charge in [0.05, 0.1) is 0 Å². The fourth-order valence-electron chi connectivity index (χ4n) is 7.11. The summed E-state index contributed by atoms with van der Waals surface area (Å²) in [4.78, 5) is 37.6. The van der Waals surface area contributed by atoms with Crippen LogP contribution in [0.4, 0.5) is 0 Å². The highest BCUT2D eigenvalue weighted by atomic mass is 16.6. The minimum absolute atomic E-state index is 0.0651. The molecule has 0 unspecified atom stereocenters. The van der Waals surface area contributed by atoms with E-state index in [2.05, 4.69) is 34.6 Å². The molecular formula is C48H92O6. The van der Waals surface area contributed by atoms with Crippen molar-refractivity contribution in [2.75, 3.05) is 13.2 Å². The number of ether oxygens (including phenoxy) is 3. The van der Waals surface area contributed by atoms with Crippen LogP contribution in [0.1, 0.15) is 259 Å². The molecule has 0 amide bonds. The average molecular weight is 765 g/mol. The van der Waals surface area contributed by atoms with Crippen LogP contribution in [0, 0.1) is 11.8 Å². The van der Waals surface area contributed by atoms with E-state index in [9.17, 15) is 14.4 Å². The monoisotopic (exact) mass is 765 g/mol. The zero-order valence-corrected chi connectivity index (χ0v) is 36.8. The van der Waals surface area contributed by atoms with Crippen LogP contribution in [0.5, 0.6) is 0 Å². The molecule has 0 spiro atoms. The van der Waals surface area contributed by atoms with Crippen molar-refractivity contribution in [1.82, 2.24) is 0 Å². The number of hydrogen-bond donors (Lipinski definition) is 0. The second-order valence-corrected chi connectivity index (χ2v) is 17.3. The molecule has 0 aromatic heterocycles. The van der Waals surface area contributed by atoms with E-state index in [1.54, 1.807) is 0 Å². The Morgan fingerprint density at radius 2 is 0.611 bits per heavy atom. The van der Waals surface area contributed by atoms with E-state index in [1.165, 1.54) is 148 Å². The Bertz CT molecular complexity index is 824. The fraction of sp³-hybridized carbons (Fsp3) is 0.938. The van der Waals surface area contributed by atoms with Crippen molar-refractivity contribution in [2.24, 2.45) is 11.8 Å². The van der Waals surface area contributed by atoms with E-state index in [1.807, 2.05) is 0 Å². The molecule has 0 N–H and O–H groups in total. The van der Waals surface area contributed by atoms with Gasteiger partial charge in [0.1, 0.15) is 13.2 Å². The highest BCUT2D eigenvalue weighted by molar-refractivity contribution is 5.71. The van der Waals surface area contributed by atoms with Gasteiger partial charge in [-0.1, -0.05) is 221 Å². The number of carbonyl (C=O) groups is 3. The quantitative estimate of drug-likeness (QED) is 0.0350. The van der Waals surface area contributed by atoms with Gasteiger partial charge in [-0.25, -0.2) is 0 Å². The SMILES string of the molecule is CCCCCCCCCC(=O)O[C@H](COC(=O)CCCCCCCCCCCCCCCCCC(C)C)COC(=O)CCCCCCCCCCC(C)C. The molecule has 6 nitrogen and oxygen atoms in total. The first-order valence-electron chi connectivity index (χ1n) is 23.7. The molecule has 0 aromatic rings. The molecule has 0 radical (unpaired) electrons. The summed E-state index contributed by atoms with van der Waals surface area (Å²) in [6.07, 6.45) is 39.6. The molecule has 0 saturated carbocycles. The maximum Gasteiger partial charge on any atom is 0.306 e. The van der Waals surface area contributed by atoms with Gasteiger partial charge in [0.2, 0.25) is 0 Å². The van der Waals surface area contributed by atoms with Crippen LogP contribution >= 0.6 is 0 Å². The van der Waals surface area contributed by atoms with E-state index in [0.29, 0.717) is 19.3 Å². The second kappa shape index (κ2) is 41.1. The van der Waals surface area contributed by atoms with E-state index in [-0.39, 0.29) is 31.1 Å². The van der Waals surface area contributed by atoms with Gasteiger partial charge in [-0.15, -0.1) is 0 Å². The van der Waals surface area contributed by atoms with Crippen molar-refractivity contribution >= 4 is 17.9 Å². The number of esters is 3. The Morgan fingerprint density at radius 1 is 0.352 bits per heavy atom. The van der Waals surface area contributed by atoms with Crippen LogP contribution in [0.15, 0.2) is 0 Å². The maximum atomic E-state index is 12.6. The summed E-state index contributed by atoms with van der Waals surface area (Å²) in [5.74, 6) is 0.783.